The Morgan fingerprint density at radius 1 is 1.45 bits per heavy atom. The second-order valence-electron chi connectivity index (χ2n) is 7.37. The number of hydrogen-bond acceptors (Lipinski definition) is 4. The number of guanidine groups is 1. The fraction of sp³-hybridized carbons (Fsp3) is 0.524. The average molecular weight is 532 g/mol. The third-order valence-electron chi connectivity index (χ3n) is 5.19. The van der Waals surface area contributed by atoms with E-state index in [9.17, 15) is 4.39 Å². The topological polar surface area (TPSA) is 49.8 Å². The van der Waals surface area contributed by atoms with E-state index >= 15 is 0 Å². The lowest BCUT2D eigenvalue weighted by molar-refractivity contribution is 0.119. The molecule has 0 saturated heterocycles. The van der Waals surface area contributed by atoms with Gasteiger partial charge in [-0.2, -0.15) is 0 Å². The Labute approximate surface area is 193 Å². The second-order valence-corrected chi connectivity index (χ2v) is 8.26. The average Bonchev–Trinajstić information content (AvgIpc) is 3.35. The summed E-state index contributed by atoms with van der Waals surface area (Å²) in [6.45, 7) is 6.18. The number of methoxy groups -OCH3 is 1. The van der Waals surface area contributed by atoms with Crippen LogP contribution in [0.2, 0.25) is 0 Å². The highest BCUT2D eigenvalue weighted by Gasteiger charge is 2.44. The van der Waals surface area contributed by atoms with Crippen molar-refractivity contribution in [1.82, 2.24) is 15.2 Å². The predicted octanol–water partition coefficient (Wildman–Crippen LogP) is 4.74. The fourth-order valence-corrected chi connectivity index (χ4v) is 4.05. The molecule has 1 N–H and O–H groups in total. The molecule has 1 atom stereocenters. The maximum Gasteiger partial charge on any atom is 0.194 e. The van der Waals surface area contributed by atoms with Crippen LogP contribution >= 0.6 is 35.3 Å². The molecule has 1 aromatic carbocycles. The van der Waals surface area contributed by atoms with Crippen LogP contribution < -0.4 is 5.32 Å². The van der Waals surface area contributed by atoms with Crippen molar-refractivity contribution < 1.29 is 9.13 Å². The number of nitrogens with one attached hydrogen (secondary N) is 1. The maximum atomic E-state index is 13.6. The molecule has 2 aromatic rings. The summed E-state index contributed by atoms with van der Waals surface area (Å²) in [5.41, 5.74) is 2.03. The van der Waals surface area contributed by atoms with Gasteiger partial charge in [0.1, 0.15) is 16.9 Å². The Balaban J connectivity index is 0.00000300. The SMILES string of the molecule is CCNC(=NCC1(c2cccc(F)c2)CC1)N(C)Cc1csc(C(C)OC)n1.I. The van der Waals surface area contributed by atoms with Crippen LogP contribution in [-0.4, -0.2) is 43.1 Å². The fourth-order valence-electron chi connectivity index (χ4n) is 3.20. The van der Waals surface area contributed by atoms with Gasteiger partial charge in [0.15, 0.2) is 5.96 Å². The van der Waals surface area contributed by atoms with E-state index in [4.69, 9.17) is 9.73 Å². The van der Waals surface area contributed by atoms with Gasteiger partial charge in [-0.25, -0.2) is 9.37 Å². The van der Waals surface area contributed by atoms with Gasteiger partial charge in [0.05, 0.1) is 18.8 Å². The van der Waals surface area contributed by atoms with Gasteiger partial charge in [-0.05, 0) is 44.4 Å². The van der Waals surface area contributed by atoms with Crippen molar-refractivity contribution in [3.05, 3.63) is 51.7 Å². The van der Waals surface area contributed by atoms with Gasteiger partial charge in [-0.3, -0.25) is 4.99 Å². The number of halogens is 2. The summed E-state index contributed by atoms with van der Waals surface area (Å²) in [6.07, 6.45) is 2.10. The van der Waals surface area contributed by atoms with Gasteiger partial charge in [-0.1, -0.05) is 12.1 Å². The Morgan fingerprint density at radius 3 is 2.83 bits per heavy atom. The van der Waals surface area contributed by atoms with Gasteiger partial charge >= 0.3 is 0 Å². The first-order valence-electron chi connectivity index (χ1n) is 9.70. The van der Waals surface area contributed by atoms with Crippen molar-refractivity contribution in [2.75, 3.05) is 27.2 Å². The van der Waals surface area contributed by atoms with Gasteiger partial charge in [0, 0.05) is 31.5 Å². The molecular formula is C21H30FIN4OS. The Kier molecular flexibility index (Phi) is 8.84. The molecule has 1 saturated carbocycles. The summed E-state index contributed by atoms with van der Waals surface area (Å²) in [7, 11) is 3.71. The summed E-state index contributed by atoms with van der Waals surface area (Å²) in [5, 5.41) is 6.41. The third-order valence-corrected chi connectivity index (χ3v) is 6.24. The van der Waals surface area contributed by atoms with E-state index in [0.717, 1.165) is 41.6 Å². The molecular weight excluding hydrogens is 502 g/mol. The van der Waals surface area contributed by atoms with Gasteiger partial charge in [0.25, 0.3) is 0 Å². The molecule has 0 bridgehead atoms. The molecule has 3 rings (SSSR count). The summed E-state index contributed by atoms with van der Waals surface area (Å²) < 4.78 is 19.0. The third kappa shape index (κ3) is 6.11. The molecule has 1 aromatic heterocycles. The number of hydrogen-bond donors (Lipinski definition) is 1. The lowest BCUT2D eigenvalue weighted by Gasteiger charge is -2.22. The highest BCUT2D eigenvalue weighted by Crippen LogP contribution is 2.48. The van der Waals surface area contributed by atoms with Crippen LogP contribution in [0, 0.1) is 5.82 Å². The second kappa shape index (κ2) is 10.7. The smallest absolute Gasteiger partial charge is 0.194 e. The minimum atomic E-state index is -0.179. The maximum absolute atomic E-state index is 13.6. The molecule has 1 heterocycles. The van der Waals surface area contributed by atoms with Crippen molar-refractivity contribution in [3.8, 4) is 0 Å². The summed E-state index contributed by atoms with van der Waals surface area (Å²) in [4.78, 5) is 11.6. The summed E-state index contributed by atoms with van der Waals surface area (Å²) in [6, 6.07) is 6.93. The van der Waals surface area contributed by atoms with Crippen LogP contribution in [0.3, 0.4) is 0 Å². The molecule has 160 valence electrons. The molecule has 1 fully saturated rings. The van der Waals surface area contributed by atoms with Crippen LogP contribution in [0.25, 0.3) is 0 Å². The number of thiazole rings is 1. The zero-order chi connectivity index (χ0) is 20.1. The van der Waals surface area contributed by atoms with Crippen LogP contribution in [0.1, 0.15) is 49.1 Å². The number of benzene rings is 1. The number of aromatic nitrogens is 1. The van der Waals surface area contributed by atoms with Crippen molar-refractivity contribution in [2.24, 2.45) is 4.99 Å². The highest BCUT2D eigenvalue weighted by atomic mass is 127. The van der Waals surface area contributed by atoms with Crippen molar-refractivity contribution in [2.45, 2.75) is 44.8 Å². The summed E-state index contributed by atoms with van der Waals surface area (Å²) >= 11 is 1.62. The number of ether oxygens (including phenoxy) is 1. The van der Waals surface area contributed by atoms with Crippen LogP contribution in [0.15, 0.2) is 34.6 Å². The Bertz CT molecular complexity index is 825. The first-order chi connectivity index (χ1) is 13.5. The van der Waals surface area contributed by atoms with E-state index < -0.39 is 0 Å². The van der Waals surface area contributed by atoms with Crippen molar-refractivity contribution in [3.63, 3.8) is 0 Å². The lowest BCUT2D eigenvalue weighted by atomic mass is 9.96. The van der Waals surface area contributed by atoms with Gasteiger partial charge in [-0.15, -0.1) is 35.3 Å². The predicted molar refractivity (Wildman–Crippen MR) is 128 cm³/mol. The van der Waals surface area contributed by atoms with E-state index in [-0.39, 0.29) is 41.3 Å². The first-order valence-corrected chi connectivity index (χ1v) is 10.6. The monoisotopic (exact) mass is 532 g/mol. The van der Waals surface area contributed by atoms with Crippen LogP contribution in [-0.2, 0) is 16.7 Å². The first kappa shape index (κ1) is 24.0. The normalized spacial score (nSPS) is 16.1. The molecule has 1 aliphatic carbocycles. The standard InChI is InChI=1S/C21H29FN4OS.HI/c1-5-23-20(26(3)12-18-13-28-19(25-18)15(2)27-4)24-14-21(9-10-21)16-7-6-8-17(22)11-16;/h6-8,11,13,15H,5,9-10,12,14H2,1-4H3,(H,23,24);1H. The molecule has 0 radical (unpaired) electrons. The van der Waals surface area contributed by atoms with E-state index in [1.54, 1.807) is 30.6 Å². The number of rotatable bonds is 8. The minimum absolute atomic E-state index is 0. The molecule has 0 aliphatic heterocycles. The molecule has 1 aliphatic rings. The van der Waals surface area contributed by atoms with Crippen LogP contribution in [0.5, 0.6) is 0 Å². The van der Waals surface area contributed by atoms with E-state index in [1.165, 1.54) is 6.07 Å². The van der Waals surface area contributed by atoms with E-state index in [0.29, 0.717) is 13.1 Å². The largest absolute Gasteiger partial charge is 0.375 e. The Hall–Kier alpha value is -1.26. The lowest BCUT2D eigenvalue weighted by Crippen LogP contribution is -2.39. The highest BCUT2D eigenvalue weighted by molar-refractivity contribution is 14.0. The zero-order valence-electron chi connectivity index (χ0n) is 17.4. The zero-order valence-corrected chi connectivity index (χ0v) is 20.6. The van der Waals surface area contributed by atoms with E-state index in [2.05, 4.69) is 27.5 Å². The van der Waals surface area contributed by atoms with Gasteiger partial charge < -0.3 is 15.0 Å². The number of aliphatic imine (C=N–C) groups is 1. The number of nitrogens with zero attached hydrogens (tertiary/aromatic N) is 3. The molecule has 0 amide bonds. The molecule has 0 spiro atoms. The molecule has 1 unspecified atom stereocenters. The Morgan fingerprint density at radius 2 is 2.21 bits per heavy atom. The van der Waals surface area contributed by atoms with Crippen LogP contribution in [0.4, 0.5) is 4.39 Å². The molecule has 8 heteroatoms. The van der Waals surface area contributed by atoms with Crippen molar-refractivity contribution in [1.29, 1.82) is 0 Å². The summed E-state index contributed by atoms with van der Waals surface area (Å²) in [5.74, 6) is 0.668. The van der Waals surface area contributed by atoms with Gasteiger partial charge in [0.2, 0.25) is 0 Å². The van der Waals surface area contributed by atoms with E-state index in [1.807, 2.05) is 20.0 Å². The van der Waals surface area contributed by atoms with Crippen molar-refractivity contribution >= 4 is 41.3 Å². The minimum Gasteiger partial charge on any atom is -0.375 e. The molecule has 5 nitrogen and oxygen atoms in total. The molecule has 29 heavy (non-hydrogen) atoms. The quantitative estimate of drug-likeness (QED) is 0.303.